The van der Waals surface area contributed by atoms with Crippen molar-refractivity contribution in [3.63, 3.8) is 0 Å². The van der Waals surface area contributed by atoms with Crippen LogP contribution in [0.3, 0.4) is 0 Å². The summed E-state index contributed by atoms with van der Waals surface area (Å²) < 4.78 is 0. The molecule has 2 aromatic heterocycles. The molecule has 0 fully saturated rings. The van der Waals surface area contributed by atoms with E-state index < -0.39 is 0 Å². The number of H-pyrrole nitrogens is 1. The van der Waals surface area contributed by atoms with E-state index in [-0.39, 0.29) is 5.82 Å². The summed E-state index contributed by atoms with van der Waals surface area (Å²) >= 11 is 0. The summed E-state index contributed by atoms with van der Waals surface area (Å²) in [6, 6.07) is 0. The molecule has 0 unspecified atom stereocenters. The van der Waals surface area contributed by atoms with Crippen LogP contribution in [0.15, 0.2) is 12.4 Å². The van der Waals surface area contributed by atoms with Gasteiger partial charge in [0.2, 0.25) is 0 Å². The van der Waals surface area contributed by atoms with Crippen molar-refractivity contribution in [2.75, 3.05) is 0 Å². The summed E-state index contributed by atoms with van der Waals surface area (Å²) in [5, 5.41) is 7.17. The molecular formula is C6H4N4O. The molecule has 0 radical (unpaired) electrons. The number of hydrogen-bond acceptors (Lipinski definition) is 4. The van der Waals surface area contributed by atoms with Crippen molar-refractivity contribution in [1.82, 2.24) is 20.2 Å². The highest BCUT2D eigenvalue weighted by Gasteiger charge is 1.98. The van der Waals surface area contributed by atoms with Crippen molar-refractivity contribution >= 4 is 17.3 Å². The summed E-state index contributed by atoms with van der Waals surface area (Å²) in [5.74, 6) is 0.168. The Morgan fingerprint density at radius 3 is 3.18 bits per heavy atom. The first kappa shape index (κ1) is 5.96. The predicted molar refractivity (Wildman–Crippen MR) is 37.1 cm³/mol. The van der Waals surface area contributed by atoms with E-state index in [2.05, 4.69) is 20.2 Å². The zero-order chi connectivity index (χ0) is 7.68. The minimum Gasteiger partial charge on any atom is -0.294 e. The molecule has 5 nitrogen and oxygen atoms in total. The second-order valence-corrected chi connectivity index (χ2v) is 2.02. The summed E-state index contributed by atoms with van der Waals surface area (Å²) in [7, 11) is 0. The quantitative estimate of drug-likeness (QED) is 0.585. The van der Waals surface area contributed by atoms with E-state index >= 15 is 0 Å². The Bertz CT molecular complexity index is 394. The molecule has 0 aliphatic carbocycles. The topological polar surface area (TPSA) is 71.5 Å². The summed E-state index contributed by atoms with van der Waals surface area (Å²) in [4.78, 5) is 17.8. The number of aromatic nitrogens is 4. The molecule has 1 N–H and O–H groups in total. The van der Waals surface area contributed by atoms with Gasteiger partial charge in [-0.2, -0.15) is 5.10 Å². The van der Waals surface area contributed by atoms with Gasteiger partial charge in [0.25, 0.3) is 0 Å². The lowest BCUT2D eigenvalue weighted by atomic mass is 10.4. The number of carbonyl (C=O) groups is 1. The smallest absolute Gasteiger partial charge is 0.194 e. The zero-order valence-corrected chi connectivity index (χ0v) is 5.48. The van der Waals surface area contributed by atoms with Crippen LogP contribution in [0.2, 0.25) is 0 Å². The number of aromatic amines is 1. The molecule has 11 heavy (non-hydrogen) atoms. The van der Waals surface area contributed by atoms with Gasteiger partial charge in [0.15, 0.2) is 17.8 Å². The molecule has 0 bridgehead atoms. The van der Waals surface area contributed by atoms with E-state index in [0.29, 0.717) is 11.9 Å². The third-order valence-electron chi connectivity index (χ3n) is 1.32. The number of carbonyl (C=O) groups excluding carboxylic acids is 1. The lowest BCUT2D eigenvalue weighted by molar-refractivity contribution is 0.111. The molecule has 0 aliphatic heterocycles. The van der Waals surface area contributed by atoms with Gasteiger partial charge in [0, 0.05) is 6.20 Å². The van der Waals surface area contributed by atoms with Crippen LogP contribution in [0, 0.1) is 0 Å². The van der Waals surface area contributed by atoms with Crippen molar-refractivity contribution in [2.45, 2.75) is 0 Å². The number of nitrogens with zero attached hydrogens (tertiary/aromatic N) is 3. The van der Waals surface area contributed by atoms with Gasteiger partial charge in [-0.05, 0) is 0 Å². The van der Waals surface area contributed by atoms with Crippen LogP contribution >= 0.6 is 0 Å². The van der Waals surface area contributed by atoms with Crippen LogP contribution < -0.4 is 0 Å². The third kappa shape index (κ3) is 0.861. The molecule has 54 valence electrons. The van der Waals surface area contributed by atoms with Gasteiger partial charge in [0.1, 0.15) is 0 Å². The second-order valence-electron chi connectivity index (χ2n) is 2.02. The average Bonchev–Trinajstić information content (AvgIpc) is 2.50. The van der Waals surface area contributed by atoms with Crippen LogP contribution in [0.4, 0.5) is 0 Å². The number of hydrogen-bond donors (Lipinski definition) is 1. The van der Waals surface area contributed by atoms with E-state index in [0.717, 1.165) is 5.39 Å². The molecule has 2 aromatic rings. The molecule has 2 rings (SSSR count). The Kier molecular flexibility index (Phi) is 1.15. The van der Waals surface area contributed by atoms with Gasteiger partial charge in [-0.1, -0.05) is 0 Å². The Hall–Kier alpha value is -1.78. The monoisotopic (exact) mass is 148 g/mol. The first-order valence-electron chi connectivity index (χ1n) is 3.01. The van der Waals surface area contributed by atoms with E-state index in [4.69, 9.17) is 0 Å². The average molecular weight is 148 g/mol. The van der Waals surface area contributed by atoms with Crippen LogP contribution in [0.25, 0.3) is 11.0 Å². The number of fused-ring (bicyclic) bond motifs is 1. The minimum atomic E-state index is 0.168. The molecule has 2 heterocycles. The second kappa shape index (κ2) is 2.12. The number of nitrogens with one attached hydrogen (secondary N) is 1. The number of aldehydes is 1. The van der Waals surface area contributed by atoms with E-state index in [9.17, 15) is 4.79 Å². The van der Waals surface area contributed by atoms with Gasteiger partial charge in [-0.3, -0.25) is 9.89 Å². The summed E-state index contributed by atoms with van der Waals surface area (Å²) in [5.41, 5.74) is 0.585. The maximum Gasteiger partial charge on any atom is 0.194 e. The van der Waals surface area contributed by atoms with Crippen molar-refractivity contribution < 1.29 is 4.79 Å². The van der Waals surface area contributed by atoms with Gasteiger partial charge >= 0.3 is 0 Å². The van der Waals surface area contributed by atoms with Crippen molar-refractivity contribution in [3.8, 4) is 0 Å². The zero-order valence-electron chi connectivity index (χ0n) is 5.48. The molecule has 0 amide bonds. The van der Waals surface area contributed by atoms with Crippen molar-refractivity contribution in [2.24, 2.45) is 0 Å². The summed E-state index contributed by atoms with van der Waals surface area (Å²) in [6.07, 6.45) is 3.75. The first-order valence-corrected chi connectivity index (χ1v) is 3.01. The lowest BCUT2D eigenvalue weighted by Gasteiger charge is -1.86. The van der Waals surface area contributed by atoms with Gasteiger partial charge in [0.05, 0.1) is 11.6 Å². The standard InChI is InChI=1S/C6H4N4O/c11-3-5-7-1-4-2-8-10-6(4)9-5/h1-3H,(H,7,8,9,10). The Morgan fingerprint density at radius 2 is 2.36 bits per heavy atom. The minimum absolute atomic E-state index is 0.168. The Morgan fingerprint density at radius 1 is 1.45 bits per heavy atom. The normalized spacial score (nSPS) is 10.2. The Labute approximate surface area is 61.5 Å². The number of rotatable bonds is 1. The van der Waals surface area contributed by atoms with Crippen molar-refractivity contribution in [1.29, 1.82) is 0 Å². The molecule has 0 saturated carbocycles. The lowest BCUT2D eigenvalue weighted by Crippen LogP contribution is -1.90. The first-order chi connectivity index (χ1) is 5.40. The van der Waals surface area contributed by atoms with Crippen molar-refractivity contribution in [3.05, 3.63) is 18.2 Å². The van der Waals surface area contributed by atoms with E-state index in [1.165, 1.54) is 0 Å². The fraction of sp³-hybridized carbons (Fsp3) is 0. The molecular weight excluding hydrogens is 144 g/mol. The maximum absolute atomic E-state index is 10.2. The molecule has 0 saturated heterocycles. The van der Waals surface area contributed by atoms with Crippen LogP contribution in [0.5, 0.6) is 0 Å². The highest BCUT2D eigenvalue weighted by atomic mass is 16.1. The van der Waals surface area contributed by atoms with Gasteiger partial charge in [-0.25, -0.2) is 9.97 Å². The Balaban J connectivity index is 2.76. The van der Waals surface area contributed by atoms with E-state index in [1.54, 1.807) is 12.4 Å². The van der Waals surface area contributed by atoms with E-state index in [1.807, 2.05) is 0 Å². The predicted octanol–water partition coefficient (Wildman–Crippen LogP) is 0.165. The van der Waals surface area contributed by atoms with Gasteiger partial charge < -0.3 is 0 Å². The molecule has 0 aromatic carbocycles. The third-order valence-corrected chi connectivity index (χ3v) is 1.32. The van der Waals surface area contributed by atoms with Crippen LogP contribution in [-0.2, 0) is 0 Å². The molecule has 0 spiro atoms. The SMILES string of the molecule is O=Cc1ncc2cn[nH]c2n1. The molecule has 0 aliphatic rings. The van der Waals surface area contributed by atoms with Crippen LogP contribution in [-0.4, -0.2) is 26.5 Å². The fourth-order valence-corrected chi connectivity index (χ4v) is 0.809. The largest absolute Gasteiger partial charge is 0.294 e. The fourth-order valence-electron chi connectivity index (χ4n) is 0.809. The highest BCUT2D eigenvalue weighted by Crippen LogP contribution is 2.03. The summed E-state index contributed by atoms with van der Waals surface area (Å²) in [6.45, 7) is 0. The highest BCUT2D eigenvalue weighted by molar-refractivity contribution is 5.77. The van der Waals surface area contributed by atoms with Gasteiger partial charge in [-0.15, -0.1) is 0 Å². The van der Waals surface area contributed by atoms with Crippen LogP contribution in [0.1, 0.15) is 10.6 Å². The molecule has 5 heteroatoms. The molecule has 0 atom stereocenters. The maximum atomic E-state index is 10.2.